The molecule has 3 aliphatic rings. The van der Waals surface area contributed by atoms with Crippen LogP contribution in [-0.4, -0.2) is 0 Å². The third-order valence-electron chi connectivity index (χ3n) is 8.53. The topological polar surface area (TPSA) is 0 Å². The molecule has 0 N–H and O–H groups in total. The van der Waals surface area contributed by atoms with Gasteiger partial charge in [0.15, 0.2) is 0 Å². The summed E-state index contributed by atoms with van der Waals surface area (Å²) in [6, 6.07) is 0. The van der Waals surface area contributed by atoms with Gasteiger partial charge in [-0.3, -0.25) is 0 Å². The molecule has 0 amide bonds. The van der Waals surface area contributed by atoms with E-state index in [0.29, 0.717) is 10.8 Å². The molecule has 0 radical (unpaired) electrons. The van der Waals surface area contributed by atoms with Crippen LogP contribution in [0.5, 0.6) is 0 Å². The Morgan fingerprint density at radius 3 is 2.03 bits per heavy atom. The van der Waals surface area contributed by atoms with Crippen molar-refractivity contribution in [3.8, 4) is 0 Å². The van der Waals surface area contributed by atoms with Gasteiger partial charge in [0.25, 0.3) is 0 Å². The molecule has 3 rings (SSSR count). The lowest BCUT2D eigenvalue weighted by atomic mass is 9.54. The standard InChI is InChI=1S/C25H42.C3H8.2C2H6.C2H4/c1-5-7-17-25(6-2)18-15-23-22(12-9-16-24(23,25)4)14-13-21-11-8-10-20(3)19-21;1-3-2;3*1-2/h13-14,20,23H,5-12,15-19H2,1-4H3;3H2,1-2H3;2*1-2H3;1-2H2/b21-13-,22-14+;;;;. The molecule has 202 valence electrons. The van der Waals surface area contributed by atoms with E-state index in [9.17, 15) is 0 Å². The molecule has 0 saturated heterocycles. The fraction of sp³-hybridized carbons (Fsp3) is 0.824. The highest BCUT2D eigenvalue weighted by atomic mass is 14.6. The van der Waals surface area contributed by atoms with Gasteiger partial charge in [0, 0.05) is 0 Å². The Bertz CT molecular complexity index is 538. The maximum Gasteiger partial charge on any atom is -0.0141 e. The average Bonchev–Trinajstić information content (AvgIpc) is 3.18. The summed E-state index contributed by atoms with van der Waals surface area (Å²) < 4.78 is 0. The van der Waals surface area contributed by atoms with Gasteiger partial charge < -0.3 is 0 Å². The molecule has 0 heterocycles. The Hall–Kier alpha value is -0.780. The summed E-state index contributed by atoms with van der Waals surface area (Å²) in [4.78, 5) is 0. The Morgan fingerprint density at radius 1 is 0.882 bits per heavy atom. The van der Waals surface area contributed by atoms with Gasteiger partial charge >= 0.3 is 0 Å². The van der Waals surface area contributed by atoms with Crippen molar-refractivity contribution in [2.75, 3.05) is 0 Å². The highest BCUT2D eigenvalue weighted by molar-refractivity contribution is 5.27. The van der Waals surface area contributed by atoms with Gasteiger partial charge in [0.2, 0.25) is 0 Å². The van der Waals surface area contributed by atoms with E-state index in [1.54, 1.807) is 5.57 Å². The highest BCUT2D eigenvalue weighted by Crippen LogP contribution is 2.66. The monoisotopic (exact) mass is 475 g/mol. The van der Waals surface area contributed by atoms with E-state index in [1.807, 2.05) is 33.3 Å². The van der Waals surface area contributed by atoms with Gasteiger partial charge in [0.1, 0.15) is 0 Å². The van der Waals surface area contributed by atoms with Crippen molar-refractivity contribution in [1.29, 1.82) is 0 Å². The minimum absolute atomic E-state index is 0.569. The number of fused-ring (bicyclic) bond motifs is 1. The third-order valence-corrected chi connectivity index (χ3v) is 8.53. The van der Waals surface area contributed by atoms with Crippen molar-refractivity contribution in [3.63, 3.8) is 0 Å². The van der Waals surface area contributed by atoms with Crippen LogP contribution < -0.4 is 0 Å². The van der Waals surface area contributed by atoms with E-state index < -0.39 is 0 Å². The molecule has 34 heavy (non-hydrogen) atoms. The SMILES string of the molecule is C=C.CC.CC.CCC.CCCCC1(CC)CCC2/C(=C/C=C3/CCCC(C)C3)CCCC21C. The summed E-state index contributed by atoms with van der Waals surface area (Å²) in [6.07, 6.45) is 24.8. The number of hydrogen-bond donors (Lipinski definition) is 0. The molecule has 3 aliphatic carbocycles. The van der Waals surface area contributed by atoms with E-state index in [0.717, 1.165) is 11.8 Å². The van der Waals surface area contributed by atoms with Gasteiger partial charge in [-0.05, 0) is 86.9 Å². The van der Waals surface area contributed by atoms with Crippen LogP contribution in [0, 0.1) is 22.7 Å². The Labute approximate surface area is 218 Å². The largest absolute Gasteiger partial charge is 0.106 e. The second-order valence-electron chi connectivity index (χ2n) is 10.6. The first-order valence-corrected chi connectivity index (χ1v) is 15.3. The molecule has 0 nitrogen and oxygen atoms in total. The van der Waals surface area contributed by atoms with E-state index in [2.05, 4.69) is 66.9 Å². The highest BCUT2D eigenvalue weighted by Gasteiger charge is 2.56. The molecular weight excluding hydrogens is 408 g/mol. The summed E-state index contributed by atoms with van der Waals surface area (Å²) in [7, 11) is 0. The Kier molecular flexibility index (Phi) is 21.2. The molecule has 4 unspecified atom stereocenters. The predicted octanol–water partition coefficient (Wildman–Crippen LogP) is 12.5. The summed E-state index contributed by atoms with van der Waals surface area (Å²) in [5, 5.41) is 0. The van der Waals surface area contributed by atoms with Crippen molar-refractivity contribution >= 4 is 0 Å². The van der Waals surface area contributed by atoms with Crippen LogP contribution in [0.2, 0.25) is 0 Å². The zero-order valence-corrected chi connectivity index (χ0v) is 25.6. The van der Waals surface area contributed by atoms with Crippen LogP contribution >= 0.6 is 0 Å². The van der Waals surface area contributed by atoms with Crippen LogP contribution in [0.3, 0.4) is 0 Å². The van der Waals surface area contributed by atoms with Gasteiger partial charge in [0.05, 0.1) is 0 Å². The first-order valence-electron chi connectivity index (χ1n) is 15.3. The first-order chi connectivity index (χ1) is 16.5. The Morgan fingerprint density at radius 2 is 1.50 bits per heavy atom. The van der Waals surface area contributed by atoms with Crippen molar-refractivity contribution in [3.05, 3.63) is 36.5 Å². The van der Waals surface area contributed by atoms with Crippen LogP contribution in [0.4, 0.5) is 0 Å². The molecule has 0 bridgehead atoms. The quantitative estimate of drug-likeness (QED) is 0.347. The molecule has 3 saturated carbocycles. The van der Waals surface area contributed by atoms with Crippen LogP contribution in [-0.2, 0) is 0 Å². The first kappa shape index (κ1) is 35.4. The van der Waals surface area contributed by atoms with Gasteiger partial charge in [-0.25, -0.2) is 0 Å². The lowest BCUT2D eigenvalue weighted by Gasteiger charge is -2.50. The second-order valence-corrected chi connectivity index (χ2v) is 10.6. The van der Waals surface area contributed by atoms with E-state index in [-0.39, 0.29) is 0 Å². The van der Waals surface area contributed by atoms with Gasteiger partial charge in [-0.1, -0.05) is 118 Å². The second kappa shape index (κ2) is 20.4. The number of unbranched alkanes of at least 4 members (excludes halogenated alkanes) is 1. The van der Waals surface area contributed by atoms with Crippen LogP contribution in [0.25, 0.3) is 0 Å². The zero-order chi connectivity index (χ0) is 26.6. The lowest BCUT2D eigenvalue weighted by Crippen LogP contribution is -2.41. The summed E-state index contributed by atoms with van der Waals surface area (Å²) in [6.45, 7) is 28.2. The molecule has 4 atom stereocenters. The van der Waals surface area contributed by atoms with Crippen molar-refractivity contribution in [2.45, 2.75) is 159 Å². The third kappa shape index (κ3) is 9.70. The van der Waals surface area contributed by atoms with Gasteiger partial charge in [-0.2, -0.15) is 0 Å². The minimum Gasteiger partial charge on any atom is -0.106 e. The number of hydrogen-bond acceptors (Lipinski definition) is 0. The van der Waals surface area contributed by atoms with E-state index in [1.165, 1.54) is 89.9 Å². The number of rotatable bonds is 5. The van der Waals surface area contributed by atoms with Crippen molar-refractivity contribution in [1.82, 2.24) is 0 Å². The summed E-state index contributed by atoms with van der Waals surface area (Å²) in [5.41, 5.74) is 4.73. The molecule has 0 aromatic carbocycles. The molecule has 0 heteroatoms. The summed E-state index contributed by atoms with van der Waals surface area (Å²) in [5.74, 6) is 1.78. The molecule has 3 fully saturated rings. The van der Waals surface area contributed by atoms with E-state index >= 15 is 0 Å². The molecular formula is C34H66. The van der Waals surface area contributed by atoms with Crippen LogP contribution in [0.1, 0.15) is 159 Å². The predicted molar refractivity (Wildman–Crippen MR) is 161 cm³/mol. The summed E-state index contributed by atoms with van der Waals surface area (Å²) >= 11 is 0. The molecule has 0 aromatic heterocycles. The molecule has 0 spiro atoms. The fourth-order valence-corrected chi connectivity index (χ4v) is 6.85. The lowest BCUT2D eigenvalue weighted by molar-refractivity contribution is 0.0229. The smallest absolute Gasteiger partial charge is 0.0141 e. The fourth-order valence-electron chi connectivity index (χ4n) is 6.85. The molecule has 0 aromatic rings. The molecule has 0 aliphatic heterocycles. The van der Waals surface area contributed by atoms with Crippen molar-refractivity contribution < 1.29 is 0 Å². The van der Waals surface area contributed by atoms with E-state index in [4.69, 9.17) is 0 Å². The normalized spacial score (nSPS) is 31.9. The minimum atomic E-state index is 0.569. The zero-order valence-electron chi connectivity index (χ0n) is 25.6. The maximum absolute atomic E-state index is 3.00. The van der Waals surface area contributed by atoms with Crippen LogP contribution in [0.15, 0.2) is 36.5 Å². The Balaban J connectivity index is 0. The number of allylic oxidation sites excluding steroid dienone is 4. The van der Waals surface area contributed by atoms with Gasteiger partial charge in [-0.15, -0.1) is 13.2 Å². The van der Waals surface area contributed by atoms with Crippen molar-refractivity contribution in [2.24, 2.45) is 22.7 Å². The maximum atomic E-state index is 3.00. The average molecular weight is 475 g/mol.